The van der Waals surface area contributed by atoms with Crippen LogP contribution in [-0.4, -0.2) is 52.6 Å². The van der Waals surface area contributed by atoms with E-state index in [9.17, 15) is 29.1 Å². The predicted molar refractivity (Wildman–Crippen MR) is 69.6 cm³/mol. The standard InChI is InChI=1S/C12H15F2N3O4/c13-12(14)10(16-3-1-15-2-4-16)7-5-8(17(20)21)11(19)9(18)6-7/h5-6,10,12,15,18-19H,1-4H2/t10-/m1/s1. The summed E-state index contributed by atoms with van der Waals surface area (Å²) in [6.07, 6.45) is -2.77. The summed E-state index contributed by atoms with van der Waals surface area (Å²) in [4.78, 5) is 11.4. The Morgan fingerprint density at radius 3 is 2.43 bits per heavy atom. The average molecular weight is 303 g/mol. The van der Waals surface area contributed by atoms with Gasteiger partial charge in [-0.15, -0.1) is 0 Å². The zero-order valence-electron chi connectivity index (χ0n) is 11.0. The van der Waals surface area contributed by atoms with E-state index in [-0.39, 0.29) is 5.56 Å². The Kier molecular flexibility index (Phi) is 4.53. The highest BCUT2D eigenvalue weighted by Crippen LogP contribution is 2.40. The molecule has 0 aliphatic carbocycles. The van der Waals surface area contributed by atoms with E-state index >= 15 is 0 Å². The smallest absolute Gasteiger partial charge is 0.314 e. The molecule has 0 aromatic heterocycles. The Bertz CT molecular complexity index is 535. The summed E-state index contributed by atoms with van der Waals surface area (Å²) < 4.78 is 26.7. The Balaban J connectivity index is 2.42. The van der Waals surface area contributed by atoms with Crippen LogP contribution in [0.3, 0.4) is 0 Å². The van der Waals surface area contributed by atoms with E-state index < -0.39 is 34.6 Å². The molecule has 0 spiro atoms. The molecule has 0 amide bonds. The molecule has 0 radical (unpaired) electrons. The topological polar surface area (TPSA) is 98.9 Å². The van der Waals surface area contributed by atoms with Crippen molar-refractivity contribution in [3.63, 3.8) is 0 Å². The quantitative estimate of drug-likeness (QED) is 0.439. The van der Waals surface area contributed by atoms with E-state index in [2.05, 4.69) is 5.32 Å². The first kappa shape index (κ1) is 15.4. The molecule has 7 nitrogen and oxygen atoms in total. The van der Waals surface area contributed by atoms with Gasteiger partial charge in [-0.1, -0.05) is 0 Å². The number of hydrogen-bond donors (Lipinski definition) is 3. The minimum Gasteiger partial charge on any atom is -0.504 e. The van der Waals surface area contributed by atoms with Gasteiger partial charge in [-0.3, -0.25) is 15.0 Å². The lowest BCUT2D eigenvalue weighted by molar-refractivity contribution is -0.386. The highest BCUT2D eigenvalue weighted by atomic mass is 19.3. The van der Waals surface area contributed by atoms with Gasteiger partial charge in [0.15, 0.2) is 5.75 Å². The molecule has 9 heteroatoms. The van der Waals surface area contributed by atoms with Crippen LogP contribution in [0.4, 0.5) is 14.5 Å². The molecule has 1 heterocycles. The average Bonchev–Trinajstić information content (AvgIpc) is 2.43. The molecule has 1 fully saturated rings. The van der Waals surface area contributed by atoms with Crippen molar-refractivity contribution in [2.45, 2.75) is 12.5 Å². The minimum absolute atomic E-state index is 0.0890. The van der Waals surface area contributed by atoms with Crippen molar-refractivity contribution in [1.29, 1.82) is 0 Å². The van der Waals surface area contributed by atoms with Gasteiger partial charge in [0.1, 0.15) is 0 Å². The third kappa shape index (κ3) is 3.19. The first-order valence-electron chi connectivity index (χ1n) is 6.35. The van der Waals surface area contributed by atoms with Crippen LogP contribution < -0.4 is 5.32 Å². The summed E-state index contributed by atoms with van der Waals surface area (Å²) >= 11 is 0. The first-order chi connectivity index (χ1) is 9.91. The Hall–Kier alpha value is -2.00. The number of alkyl halides is 2. The number of phenolic OH excluding ortho intramolecular Hbond substituents is 2. The van der Waals surface area contributed by atoms with Crippen LogP contribution in [0.2, 0.25) is 0 Å². The third-order valence-electron chi connectivity index (χ3n) is 3.41. The molecule has 1 aromatic carbocycles. The van der Waals surface area contributed by atoms with Crippen molar-refractivity contribution in [3.05, 3.63) is 27.8 Å². The monoisotopic (exact) mass is 303 g/mol. The molecule has 1 atom stereocenters. The van der Waals surface area contributed by atoms with Gasteiger partial charge in [-0.2, -0.15) is 0 Å². The maximum atomic E-state index is 13.4. The van der Waals surface area contributed by atoms with Crippen molar-refractivity contribution < 1.29 is 23.9 Å². The number of nitro benzene ring substituents is 1. The zero-order valence-corrected chi connectivity index (χ0v) is 11.0. The Morgan fingerprint density at radius 2 is 1.90 bits per heavy atom. The van der Waals surface area contributed by atoms with Crippen molar-refractivity contribution >= 4 is 5.69 Å². The van der Waals surface area contributed by atoms with Gasteiger partial charge in [-0.05, 0) is 11.6 Å². The molecule has 1 aliphatic heterocycles. The molecule has 0 saturated carbocycles. The second kappa shape index (κ2) is 6.19. The lowest BCUT2D eigenvalue weighted by atomic mass is 10.0. The normalized spacial score (nSPS) is 17.9. The summed E-state index contributed by atoms with van der Waals surface area (Å²) in [6, 6.07) is 0.465. The fourth-order valence-electron chi connectivity index (χ4n) is 2.41. The lowest BCUT2D eigenvalue weighted by Gasteiger charge is -2.34. The van der Waals surface area contributed by atoms with E-state index in [4.69, 9.17) is 0 Å². The highest BCUT2D eigenvalue weighted by Gasteiger charge is 2.33. The fraction of sp³-hybridized carbons (Fsp3) is 0.500. The maximum Gasteiger partial charge on any atom is 0.314 e. The Labute approximate surface area is 118 Å². The number of benzene rings is 1. The van der Waals surface area contributed by atoms with Crippen LogP contribution in [0.15, 0.2) is 12.1 Å². The van der Waals surface area contributed by atoms with Crippen molar-refractivity contribution in [1.82, 2.24) is 10.2 Å². The molecule has 3 N–H and O–H groups in total. The van der Waals surface area contributed by atoms with E-state index in [1.165, 1.54) is 4.90 Å². The molecule has 1 aliphatic rings. The number of phenols is 2. The van der Waals surface area contributed by atoms with Gasteiger partial charge in [0.2, 0.25) is 5.75 Å². The number of halogens is 2. The highest BCUT2D eigenvalue weighted by molar-refractivity contribution is 5.57. The number of rotatable bonds is 4. The van der Waals surface area contributed by atoms with Gasteiger partial charge in [0, 0.05) is 32.2 Å². The summed E-state index contributed by atoms with van der Waals surface area (Å²) in [6.45, 7) is 1.81. The van der Waals surface area contributed by atoms with Gasteiger partial charge >= 0.3 is 5.69 Å². The van der Waals surface area contributed by atoms with Crippen LogP contribution in [0.25, 0.3) is 0 Å². The molecule has 116 valence electrons. The first-order valence-corrected chi connectivity index (χ1v) is 6.35. The van der Waals surface area contributed by atoms with E-state index in [1.54, 1.807) is 0 Å². The molecule has 2 rings (SSSR count). The number of nitrogens with zero attached hydrogens (tertiary/aromatic N) is 2. The predicted octanol–water partition coefficient (Wildman–Crippen LogP) is 1.22. The number of aromatic hydroxyl groups is 2. The van der Waals surface area contributed by atoms with Crippen LogP contribution in [-0.2, 0) is 0 Å². The maximum absolute atomic E-state index is 13.4. The minimum atomic E-state index is -2.77. The number of hydrogen-bond acceptors (Lipinski definition) is 6. The van der Waals surface area contributed by atoms with Crippen LogP contribution in [0.5, 0.6) is 11.5 Å². The molecule has 0 bridgehead atoms. The SMILES string of the molecule is O=[N+]([O-])c1cc([C@H](C(F)F)N2CCNCC2)cc(O)c1O. The van der Waals surface area contributed by atoms with E-state index in [0.717, 1.165) is 12.1 Å². The second-order valence-corrected chi connectivity index (χ2v) is 4.73. The van der Waals surface area contributed by atoms with Gasteiger partial charge < -0.3 is 15.5 Å². The number of nitrogens with one attached hydrogen (secondary N) is 1. The van der Waals surface area contributed by atoms with Crippen molar-refractivity contribution in [2.75, 3.05) is 26.2 Å². The molecular weight excluding hydrogens is 288 g/mol. The van der Waals surface area contributed by atoms with Gasteiger partial charge in [0.05, 0.1) is 11.0 Å². The number of piperazine rings is 1. The largest absolute Gasteiger partial charge is 0.504 e. The third-order valence-corrected chi connectivity index (χ3v) is 3.41. The second-order valence-electron chi connectivity index (χ2n) is 4.73. The van der Waals surface area contributed by atoms with Crippen LogP contribution >= 0.6 is 0 Å². The molecule has 0 unspecified atom stereocenters. The summed E-state index contributed by atoms with van der Waals surface area (Å²) in [5.41, 5.74) is -0.875. The molecule has 1 saturated heterocycles. The zero-order chi connectivity index (χ0) is 15.6. The lowest BCUT2D eigenvalue weighted by Crippen LogP contribution is -2.46. The van der Waals surface area contributed by atoms with Crippen LogP contribution in [0, 0.1) is 10.1 Å². The van der Waals surface area contributed by atoms with E-state index in [0.29, 0.717) is 26.2 Å². The van der Waals surface area contributed by atoms with Crippen LogP contribution in [0.1, 0.15) is 11.6 Å². The van der Waals surface area contributed by atoms with Gasteiger partial charge in [0.25, 0.3) is 6.43 Å². The van der Waals surface area contributed by atoms with E-state index in [1.807, 2.05) is 0 Å². The van der Waals surface area contributed by atoms with Crippen molar-refractivity contribution in [3.8, 4) is 11.5 Å². The molecular formula is C12H15F2N3O4. The summed E-state index contributed by atoms with van der Waals surface area (Å²) in [5, 5.41) is 32.8. The number of nitro groups is 1. The fourth-order valence-corrected chi connectivity index (χ4v) is 2.41. The molecule has 1 aromatic rings. The van der Waals surface area contributed by atoms with Crippen molar-refractivity contribution in [2.24, 2.45) is 0 Å². The summed E-state index contributed by atoms with van der Waals surface area (Å²) in [5.74, 6) is -1.70. The molecule has 21 heavy (non-hydrogen) atoms. The van der Waals surface area contributed by atoms with Gasteiger partial charge in [-0.25, -0.2) is 8.78 Å². The summed E-state index contributed by atoms with van der Waals surface area (Å²) in [7, 11) is 0. The Morgan fingerprint density at radius 1 is 1.29 bits per heavy atom.